The number of hydrogen-bond donors (Lipinski definition) is 1. The summed E-state index contributed by atoms with van der Waals surface area (Å²) < 4.78 is 1.86. The Morgan fingerprint density at radius 1 is 1.14 bits per heavy atom. The van der Waals surface area contributed by atoms with Gasteiger partial charge in [-0.2, -0.15) is 0 Å². The van der Waals surface area contributed by atoms with Crippen LogP contribution in [0.15, 0.2) is 42.7 Å². The fraction of sp³-hybridized carbons (Fsp3) is 0.176. The second-order valence-electron chi connectivity index (χ2n) is 5.45. The van der Waals surface area contributed by atoms with E-state index in [1.807, 2.05) is 10.6 Å². The van der Waals surface area contributed by atoms with E-state index in [1.165, 1.54) is 24.0 Å². The van der Waals surface area contributed by atoms with E-state index in [0.717, 1.165) is 17.7 Å². The first-order valence-electron chi connectivity index (χ1n) is 7.05. The maximum Gasteiger partial charge on any atom is 0.335 e. The molecule has 21 heavy (non-hydrogen) atoms. The number of pyridine rings is 1. The fourth-order valence-corrected chi connectivity index (χ4v) is 2.99. The lowest BCUT2D eigenvalue weighted by molar-refractivity contribution is 0.0697. The van der Waals surface area contributed by atoms with Crippen LogP contribution in [0.2, 0.25) is 0 Å². The highest BCUT2D eigenvalue weighted by Gasteiger charge is 2.13. The molecule has 2 heterocycles. The van der Waals surface area contributed by atoms with Crippen molar-refractivity contribution in [3.8, 4) is 11.3 Å². The van der Waals surface area contributed by atoms with E-state index < -0.39 is 5.97 Å². The van der Waals surface area contributed by atoms with Crippen molar-refractivity contribution >= 4 is 11.6 Å². The molecule has 0 aliphatic heterocycles. The van der Waals surface area contributed by atoms with Crippen LogP contribution in [-0.2, 0) is 12.8 Å². The van der Waals surface area contributed by atoms with Gasteiger partial charge in [0.1, 0.15) is 5.65 Å². The van der Waals surface area contributed by atoms with Gasteiger partial charge in [-0.3, -0.25) is 0 Å². The first-order valence-corrected chi connectivity index (χ1v) is 7.05. The largest absolute Gasteiger partial charge is 0.478 e. The predicted molar refractivity (Wildman–Crippen MR) is 79.6 cm³/mol. The lowest BCUT2D eigenvalue weighted by atomic mass is 10.1. The number of carboxylic acids is 1. The predicted octanol–water partition coefficient (Wildman–Crippen LogP) is 3.19. The van der Waals surface area contributed by atoms with Gasteiger partial charge in [0.25, 0.3) is 0 Å². The van der Waals surface area contributed by atoms with Crippen molar-refractivity contribution in [1.29, 1.82) is 0 Å². The summed E-state index contributed by atoms with van der Waals surface area (Å²) in [4.78, 5) is 15.6. The quantitative estimate of drug-likeness (QED) is 0.783. The molecule has 0 unspecified atom stereocenters. The van der Waals surface area contributed by atoms with Crippen molar-refractivity contribution in [3.05, 3.63) is 59.4 Å². The minimum atomic E-state index is -0.931. The molecular weight excluding hydrogens is 264 g/mol. The first kappa shape index (κ1) is 12.1. The molecule has 0 fully saturated rings. The smallest absolute Gasteiger partial charge is 0.335 e. The monoisotopic (exact) mass is 278 g/mol. The van der Waals surface area contributed by atoms with Gasteiger partial charge in [-0.25, -0.2) is 9.78 Å². The molecule has 1 aliphatic carbocycles. The lowest BCUT2D eigenvalue weighted by Crippen LogP contribution is -1.96. The number of aromatic nitrogens is 2. The Balaban J connectivity index is 1.81. The third-order valence-electron chi connectivity index (χ3n) is 4.10. The van der Waals surface area contributed by atoms with Crippen molar-refractivity contribution in [3.63, 3.8) is 0 Å². The van der Waals surface area contributed by atoms with E-state index >= 15 is 0 Å². The van der Waals surface area contributed by atoms with Crippen LogP contribution in [0.1, 0.15) is 27.9 Å². The van der Waals surface area contributed by atoms with Gasteiger partial charge >= 0.3 is 5.97 Å². The number of carboxylic acid groups (broad SMARTS) is 1. The van der Waals surface area contributed by atoms with Crippen LogP contribution in [0, 0.1) is 0 Å². The lowest BCUT2D eigenvalue weighted by Gasteiger charge is -2.01. The number of carbonyl (C=O) groups is 1. The molecule has 4 nitrogen and oxygen atoms in total. The molecule has 0 saturated carbocycles. The average molecular weight is 278 g/mol. The molecule has 2 aromatic heterocycles. The molecule has 0 bridgehead atoms. The van der Waals surface area contributed by atoms with Crippen molar-refractivity contribution in [2.24, 2.45) is 0 Å². The zero-order chi connectivity index (χ0) is 14.4. The molecule has 104 valence electrons. The summed E-state index contributed by atoms with van der Waals surface area (Å²) in [5.74, 6) is -0.931. The molecule has 1 aromatic carbocycles. The minimum Gasteiger partial charge on any atom is -0.478 e. The second kappa shape index (κ2) is 4.45. The highest BCUT2D eigenvalue weighted by atomic mass is 16.4. The van der Waals surface area contributed by atoms with Gasteiger partial charge < -0.3 is 9.51 Å². The van der Waals surface area contributed by atoms with Gasteiger partial charge in [-0.1, -0.05) is 12.1 Å². The van der Waals surface area contributed by atoms with E-state index in [4.69, 9.17) is 5.11 Å². The number of hydrogen-bond acceptors (Lipinski definition) is 2. The summed E-state index contributed by atoms with van der Waals surface area (Å²) in [6.07, 6.45) is 7.22. The zero-order valence-electron chi connectivity index (χ0n) is 11.4. The van der Waals surface area contributed by atoms with Crippen molar-refractivity contribution in [2.45, 2.75) is 19.3 Å². The van der Waals surface area contributed by atoms with Crippen molar-refractivity contribution in [1.82, 2.24) is 9.38 Å². The molecule has 0 saturated heterocycles. The Hall–Kier alpha value is -2.62. The normalized spacial score (nSPS) is 13.5. The summed E-state index contributed by atoms with van der Waals surface area (Å²) >= 11 is 0. The first-order chi connectivity index (χ1) is 10.2. The number of aryl methyl sites for hydroxylation is 2. The van der Waals surface area contributed by atoms with Gasteiger partial charge in [0.2, 0.25) is 0 Å². The molecular formula is C17H14N2O2. The average Bonchev–Trinajstić information content (AvgIpc) is 3.11. The summed E-state index contributed by atoms with van der Waals surface area (Å²) in [6, 6.07) is 9.68. The van der Waals surface area contributed by atoms with Gasteiger partial charge in [-0.15, -0.1) is 0 Å². The molecule has 3 aromatic rings. The molecule has 4 heteroatoms. The van der Waals surface area contributed by atoms with Crippen LogP contribution in [0.4, 0.5) is 0 Å². The SMILES string of the molecule is O=C(O)c1ccn2cc(-c3ccc4c(c3)CCC4)nc2c1. The zero-order valence-corrected chi connectivity index (χ0v) is 11.4. The van der Waals surface area contributed by atoms with Gasteiger partial charge in [0, 0.05) is 18.0 Å². The molecule has 0 atom stereocenters. The standard InChI is InChI=1S/C17H14N2O2/c20-17(21)14-6-7-19-10-15(18-16(19)9-14)13-5-4-11-2-1-3-12(11)8-13/h4-10H,1-3H2,(H,20,21). The van der Waals surface area contributed by atoms with Crippen LogP contribution in [0.3, 0.4) is 0 Å². The van der Waals surface area contributed by atoms with Crippen LogP contribution < -0.4 is 0 Å². The van der Waals surface area contributed by atoms with Gasteiger partial charge in [0.05, 0.1) is 11.3 Å². The van der Waals surface area contributed by atoms with Gasteiger partial charge in [-0.05, 0) is 48.6 Å². The fourth-order valence-electron chi connectivity index (χ4n) is 2.99. The van der Waals surface area contributed by atoms with Crippen LogP contribution in [0.25, 0.3) is 16.9 Å². The van der Waals surface area contributed by atoms with E-state index in [9.17, 15) is 4.79 Å². The van der Waals surface area contributed by atoms with Crippen molar-refractivity contribution < 1.29 is 9.90 Å². The highest BCUT2D eigenvalue weighted by molar-refractivity contribution is 5.88. The number of fused-ring (bicyclic) bond motifs is 2. The second-order valence-corrected chi connectivity index (χ2v) is 5.45. The third-order valence-corrected chi connectivity index (χ3v) is 4.10. The highest BCUT2D eigenvalue weighted by Crippen LogP contribution is 2.27. The summed E-state index contributed by atoms with van der Waals surface area (Å²) in [6.45, 7) is 0. The summed E-state index contributed by atoms with van der Waals surface area (Å²) in [5.41, 5.74) is 5.74. The van der Waals surface area contributed by atoms with Gasteiger partial charge in [0.15, 0.2) is 0 Å². The summed E-state index contributed by atoms with van der Waals surface area (Å²) in [7, 11) is 0. The third kappa shape index (κ3) is 2.00. The Morgan fingerprint density at radius 2 is 2.00 bits per heavy atom. The van der Waals surface area contributed by atoms with E-state index in [2.05, 4.69) is 23.2 Å². The molecule has 1 aliphatic rings. The Labute approximate surface area is 121 Å². The van der Waals surface area contributed by atoms with E-state index in [-0.39, 0.29) is 5.56 Å². The summed E-state index contributed by atoms with van der Waals surface area (Å²) in [5, 5.41) is 9.04. The molecule has 4 rings (SSSR count). The number of benzene rings is 1. The molecule has 0 amide bonds. The van der Waals surface area contributed by atoms with Crippen LogP contribution in [0.5, 0.6) is 0 Å². The Morgan fingerprint density at radius 3 is 2.86 bits per heavy atom. The van der Waals surface area contributed by atoms with E-state index in [1.54, 1.807) is 18.3 Å². The number of aromatic carboxylic acids is 1. The minimum absolute atomic E-state index is 0.258. The van der Waals surface area contributed by atoms with E-state index in [0.29, 0.717) is 5.65 Å². The maximum absolute atomic E-state index is 11.0. The Bertz CT molecular complexity index is 864. The molecule has 0 radical (unpaired) electrons. The van der Waals surface area contributed by atoms with Crippen LogP contribution in [-0.4, -0.2) is 20.5 Å². The molecule has 1 N–H and O–H groups in total. The number of nitrogens with zero attached hydrogens (tertiary/aromatic N) is 2. The maximum atomic E-state index is 11.0. The van der Waals surface area contributed by atoms with Crippen LogP contribution >= 0.6 is 0 Å². The van der Waals surface area contributed by atoms with Crippen molar-refractivity contribution in [2.75, 3.05) is 0 Å². The Kier molecular flexibility index (Phi) is 2.57. The topological polar surface area (TPSA) is 54.6 Å². The number of imidazole rings is 1. The molecule has 0 spiro atoms. The number of rotatable bonds is 2.